The highest BCUT2D eigenvalue weighted by Gasteiger charge is 2.23. The van der Waals surface area contributed by atoms with Crippen molar-refractivity contribution in [2.75, 3.05) is 0 Å². The molecule has 0 aliphatic rings. The van der Waals surface area contributed by atoms with Crippen LogP contribution in [-0.2, 0) is 18.4 Å². The molecule has 1 heterocycles. The lowest BCUT2D eigenvalue weighted by Gasteiger charge is -2.06. The summed E-state index contributed by atoms with van der Waals surface area (Å²) in [5, 5.41) is 4.32. The van der Waals surface area contributed by atoms with E-state index in [2.05, 4.69) is 5.10 Å². The molecule has 112 valence electrons. The molecule has 0 aliphatic carbocycles. The van der Waals surface area contributed by atoms with Crippen molar-refractivity contribution in [2.24, 2.45) is 7.05 Å². The summed E-state index contributed by atoms with van der Waals surface area (Å²) in [4.78, 5) is 11.9. The smallest absolute Gasteiger partial charge is 0.342 e. The van der Waals surface area contributed by atoms with Crippen molar-refractivity contribution < 1.29 is 18.3 Å². The van der Waals surface area contributed by atoms with Crippen LogP contribution in [0.1, 0.15) is 28.0 Å². The van der Waals surface area contributed by atoms with E-state index >= 15 is 0 Å². The first-order valence-electron chi connectivity index (χ1n) is 5.80. The van der Waals surface area contributed by atoms with Gasteiger partial charge in [0.25, 0.3) is 6.43 Å². The Hall–Kier alpha value is -1.66. The van der Waals surface area contributed by atoms with Gasteiger partial charge in [0.2, 0.25) is 0 Å². The molecule has 1 aromatic heterocycles. The quantitative estimate of drug-likeness (QED) is 0.793. The van der Waals surface area contributed by atoms with Crippen LogP contribution in [0.5, 0.6) is 0 Å². The first-order valence-corrected chi connectivity index (χ1v) is 6.56. The van der Waals surface area contributed by atoms with Gasteiger partial charge in [0.1, 0.15) is 17.9 Å². The Bertz CT molecular complexity index is 654. The summed E-state index contributed by atoms with van der Waals surface area (Å²) >= 11 is 11.6. The summed E-state index contributed by atoms with van der Waals surface area (Å²) in [5.41, 5.74) is -0.310. The Morgan fingerprint density at radius 2 is 1.95 bits per heavy atom. The molecule has 0 amide bonds. The number of esters is 1. The van der Waals surface area contributed by atoms with E-state index < -0.39 is 18.1 Å². The van der Waals surface area contributed by atoms with E-state index in [4.69, 9.17) is 27.9 Å². The molecule has 2 aromatic rings. The van der Waals surface area contributed by atoms with E-state index in [9.17, 15) is 13.6 Å². The predicted molar refractivity (Wildman–Crippen MR) is 73.7 cm³/mol. The zero-order valence-corrected chi connectivity index (χ0v) is 12.3. The second kappa shape index (κ2) is 6.41. The van der Waals surface area contributed by atoms with Gasteiger partial charge in [-0.1, -0.05) is 23.2 Å². The van der Waals surface area contributed by atoms with Gasteiger partial charge in [-0.15, -0.1) is 0 Å². The average Bonchev–Trinajstić information content (AvgIpc) is 2.77. The molecule has 8 heteroatoms. The molecular formula is C13H10Cl2F2N2O2. The highest BCUT2D eigenvalue weighted by atomic mass is 35.5. The normalized spacial score (nSPS) is 11.0. The van der Waals surface area contributed by atoms with Gasteiger partial charge in [-0.25, -0.2) is 13.6 Å². The third-order valence-corrected chi connectivity index (χ3v) is 3.01. The summed E-state index contributed by atoms with van der Waals surface area (Å²) in [6, 6.07) is 4.67. The molecule has 0 aliphatic heterocycles. The van der Waals surface area contributed by atoms with Crippen LogP contribution in [0.2, 0.25) is 10.0 Å². The summed E-state index contributed by atoms with van der Waals surface area (Å²) in [6.45, 7) is -0.128. The molecule has 0 fully saturated rings. The number of rotatable bonds is 4. The number of benzene rings is 1. The minimum absolute atomic E-state index is 0.128. The summed E-state index contributed by atoms with van der Waals surface area (Å²) < 4.78 is 31.6. The molecule has 0 N–H and O–H groups in total. The number of carbonyl (C=O) groups is 1. The van der Waals surface area contributed by atoms with Gasteiger partial charge >= 0.3 is 5.97 Å². The van der Waals surface area contributed by atoms with Gasteiger partial charge in [-0.3, -0.25) is 4.68 Å². The summed E-state index contributed by atoms with van der Waals surface area (Å²) in [5.74, 6) is -0.880. The van der Waals surface area contributed by atoms with Crippen LogP contribution in [-0.4, -0.2) is 15.7 Å². The van der Waals surface area contributed by atoms with Crippen LogP contribution < -0.4 is 0 Å². The van der Waals surface area contributed by atoms with Crippen molar-refractivity contribution in [3.05, 3.63) is 51.3 Å². The third kappa shape index (κ3) is 3.92. The Balaban J connectivity index is 2.11. The third-order valence-electron chi connectivity index (χ3n) is 2.58. The first-order chi connectivity index (χ1) is 9.86. The summed E-state index contributed by atoms with van der Waals surface area (Å²) in [6.07, 6.45) is -1.66. The minimum Gasteiger partial charge on any atom is -0.457 e. The van der Waals surface area contributed by atoms with E-state index in [1.165, 1.54) is 19.3 Å². The van der Waals surface area contributed by atoms with Crippen molar-refractivity contribution in [2.45, 2.75) is 13.0 Å². The molecule has 0 spiro atoms. The fraction of sp³-hybridized carbons (Fsp3) is 0.231. The molecular weight excluding hydrogens is 325 g/mol. The first kappa shape index (κ1) is 15.7. The van der Waals surface area contributed by atoms with Gasteiger partial charge in [0.15, 0.2) is 0 Å². The molecule has 2 rings (SSSR count). The van der Waals surface area contributed by atoms with Crippen molar-refractivity contribution in [1.29, 1.82) is 0 Å². The second-order valence-electron chi connectivity index (χ2n) is 4.26. The highest BCUT2D eigenvalue weighted by molar-refractivity contribution is 6.34. The molecule has 0 unspecified atom stereocenters. The van der Waals surface area contributed by atoms with Crippen molar-refractivity contribution in [3.63, 3.8) is 0 Å². The van der Waals surface area contributed by atoms with Crippen molar-refractivity contribution >= 4 is 29.2 Å². The van der Waals surface area contributed by atoms with E-state index in [0.29, 0.717) is 15.6 Å². The fourth-order valence-corrected chi connectivity index (χ4v) is 2.32. The predicted octanol–water partition coefficient (Wildman–Crippen LogP) is 4.02. The van der Waals surface area contributed by atoms with Crippen LogP contribution in [0.3, 0.4) is 0 Å². The number of alkyl halides is 2. The number of hydrogen-bond acceptors (Lipinski definition) is 3. The number of halogens is 4. The highest BCUT2D eigenvalue weighted by Crippen LogP contribution is 2.23. The Morgan fingerprint density at radius 3 is 2.52 bits per heavy atom. The molecule has 1 aromatic carbocycles. The minimum atomic E-state index is -2.85. The monoisotopic (exact) mass is 334 g/mol. The van der Waals surface area contributed by atoms with Crippen LogP contribution in [0.4, 0.5) is 8.78 Å². The largest absolute Gasteiger partial charge is 0.457 e. The summed E-state index contributed by atoms with van der Waals surface area (Å²) in [7, 11) is 1.44. The zero-order valence-electron chi connectivity index (χ0n) is 10.8. The number of aryl methyl sites for hydroxylation is 1. The number of nitrogens with zero attached hydrogens (tertiary/aromatic N) is 2. The van der Waals surface area contributed by atoms with Crippen molar-refractivity contribution in [3.8, 4) is 0 Å². The van der Waals surface area contributed by atoms with E-state index in [-0.39, 0.29) is 12.2 Å². The maximum absolute atomic E-state index is 12.8. The van der Waals surface area contributed by atoms with Gasteiger partial charge in [-0.05, 0) is 23.8 Å². The molecule has 0 radical (unpaired) electrons. The molecule has 0 atom stereocenters. The SMILES string of the molecule is Cn1cc(C(=O)OCc2cc(Cl)cc(Cl)c2)c(C(F)F)n1. The lowest BCUT2D eigenvalue weighted by atomic mass is 10.2. The molecule has 0 saturated carbocycles. The number of ether oxygens (including phenoxy) is 1. The molecule has 0 saturated heterocycles. The van der Waals surface area contributed by atoms with Crippen molar-refractivity contribution in [1.82, 2.24) is 9.78 Å². The van der Waals surface area contributed by atoms with Crippen LogP contribution in [0.15, 0.2) is 24.4 Å². The number of aromatic nitrogens is 2. The van der Waals surface area contributed by atoms with Gasteiger partial charge < -0.3 is 4.74 Å². The molecule has 21 heavy (non-hydrogen) atoms. The van der Waals surface area contributed by atoms with Gasteiger partial charge in [0, 0.05) is 23.3 Å². The zero-order chi connectivity index (χ0) is 15.6. The maximum Gasteiger partial charge on any atom is 0.342 e. The van der Waals surface area contributed by atoms with E-state index in [0.717, 1.165) is 4.68 Å². The van der Waals surface area contributed by atoms with Crippen LogP contribution in [0.25, 0.3) is 0 Å². The Morgan fingerprint density at radius 1 is 1.33 bits per heavy atom. The van der Waals surface area contributed by atoms with Crippen LogP contribution >= 0.6 is 23.2 Å². The maximum atomic E-state index is 12.8. The lowest BCUT2D eigenvalue weighted by Crippen LogP contribution is -2.07. The lowest BCUT2D eigenvalue weighted by molar-refractivity contribution is 0.0462. The van der Waals surface area contributed by atoms with Gasteiger partial charge in [-0.2, -0.15) is 5.10 Å². The standard InChI is InChI=1S/C13H10Cl2F2N2O2/c1-19-5-10(11(18-19)12(16)17)13(20)21-6-7-2-8(14)4-9(15)3-7/h2-5,12H,6H2,1H3. The fourth-order valence-electron chi connectivity index (χ4n) is 1.75. The number of hydrogen-bond donors (Lipinski definition) is 0. The second-order valence-corrected chi connectivity index (χ2v) is 5.13. The Labute approximate surface area is 129 Å². The topological polar surface area (TPSA) is 44.1 Å². The van der Waals surface area contributed by atoms with E-state index in [1.807, 2.05) is 0 Å². The number of carbonyl (C=O) groups excluding carboxylic acids is 1. The van der Waals surface area contributed by atoms with Gasteiger partial charge in [0.05, 0.1) is 0 Å². The van der Waals surface area contributed by atoms with E-state index in [1.54, 1.807) is 12.1 Å². The Kier molecular flexibility index (Phi) is 4.80. The van der Waals surface area contributed by atoms with Crippen LogP contribution in [0, 0.1) is 0 Å². The molecule has 4 nitrogen and oxygen atoms in total. The molecule has 0 bridgehead atoms. The average molecular weight is 335 g/mol.